The van der Waals surface area contributed by atoms with Crippen LogP contribution >= 0.6 is 22.6 Å². The highest BCUT2D eigenvalue weighted by molar-refractivity contribution is 14.1. The molecule has 1 heterocycles. The van der Waals surface area contributed by atoms with Crippen molar-refractivity contribution in [2.45, 2.75) is 31.0 Å². The molecule has 0 saturated carbocycles. The van der Waals surface area contributed by atoms with E-state index in [9.17, 15) is 23.8 Å². The van der Waals surface area contributed by atoms with Crippen LogP contribution in [0.2, 0.25) is 0 Å². The lowest BCUT2D eigenvalue weighted by Crippen LogP contribution is -2.49. The first-order valence-corrected chi connectivity index (χ1v) is 10.8. The van der Waals surface area contributed by atoms with Crippen molar-refractivity contribution in [1.29, 1.82) is 0 Å². The molecule has 31 heavy (non-hydrogen) atoms. The van der Waals surface area contributed by atoms with E-state index < -0.39 is 35.4 Å². The fourth-order valence-corrected chi connectivity index (χ4v) is 4.02. The normalized spacial score (nSPS) is 17.2. The van der Waals surface area contributed by atoms with Gasteiger partial charge in [0, 0.05) is 34.2 Å². The minimum Gasteiger partial charge on any atom is -0.503 e. The molecule has 0 saturated heterocycles. The summed E-state index contributed by atoms with van der Waals surface area (Å²) in [5.41, 5.74) is 1.23. The maximum atomic E-state index is 13.6. The first kappa shape index (κ1) is 23.4. The van der Waals surface area contributed by atoms with Crippen molar-refractivity contribution in [2.24, 2.45) is 0 Å². The third kappa shape index (κ3) is 6.37. The van der Waals surface area contributed by atoms with Crippen LogP contribution < -0.4 is 15.4 Å². The van der Waals surface area contributed by atoms with Gasteiger partial charge in [-0.25, -0.2) is 8.78 Å². The minimum absolute atomic E-state index is 0.0428. The van der Waals surface area contributed by atoms with E-state index in [2.05, 4.69) is 39.8 Å². The Kier molecular flexibility index (Phi) is 7.84. The van der Waals surface area contributed by atoms with Crippen molar-refractivity contribution >= 4 is 28.5 Å². The molecule has 166 valence electrons. The molecular weight excluding hydrogens is 521 g/mol. The van der Waals surface area contributed by atoms with E-state index in [-0.39, 0.29) is 24.6 Å². The lowest BCUT2D eigenvalue weighted by molar-refractivity contribution is -0.121. The second kappa shape index (κ2) is 10.4. The van der Waals surface area contributed by atoms with Gasteiger partial charge in [-0.05, 0) is 64.9 Å². The minimum atomic E-state index is -1.11. The molecule has 0 aromatic heterocycles. The van der Waals surface area contributed by atoms with Gasteiger partial charge in [-0.3, -0.25) is 4.79 Å². The highest BCUT2D eigenvalue weighted by Gasteiger charge is 2.26. The van der Waals surface area contributed by atoms with Crippen molar-refractivity contribution < 1.29 is 28.5 Å². The zero-order chi connectivity index (χ0) is 22.5. The van der Waals surface area contributed by atoms with E-state index in [1.54, 1.807) is 0 Å². The number of nitrogens with one attached hydrogen (secondary N) is 2. The van der Waals surface area contributed by atoms with Crippen molar-refractivity contribution in [3.63, 3.8) is 0 Å². The summed E-state index contributed by atoms with van der Waals surface area (Å²) in [7, 11) is 0. The van der Waals surface area contributed by atoms with Crippen molar-refractivity contribution in [1.82, 2.24) is 10.6 Å². The quantitative estimate of drug-likeness (QED) is 0.233. The first-order chi connectivity index (χ1) is 14.7. The molecule has 2 aromatic carbocycles. The lowest BCUT2D eigenvalue weighted by atomic mass is 9.98. The Morgan fingerprint density at radius 3 is 2.65 bits per heavy atom. The maximum absolute atomic E-state index is 13.6. The number of carbonyl (C=O) groups is 1. The van der Waals surface area contributed by atoms with Crippen LogP contribution in [0.5, 0.6) is 5.75 Å². The highest BCUT2D eigenvalue weighted by atomic mass is 127. The van der Waals surface area contributed by atoms with Crippen LogP contribution in [-0.4, -0.2) is 41.4 Å². The summed E-state index contributed by atoms with van der Waals surface area (Å²) in [4.78, 5) is 11.9. The number of amides is 1. The second-order valence-electron chi connectivity index (χ2n) is 7.36. The number of fused-ring (bicyclic) bond motifs is 1. The molecule has 1 aliphatic heterocycles. The molecule has 0 spiro atoms. The molecule has 2 aromatic rings. The van der Waals surface area contributed by atoms with Gasteiger partial charge in [-0.2, -0.15) is 0 Å². The van der Waals surface area contributed by atoms with Gasteiger partial charge < -0.3 is 25.6 Å². The number of hydrogen-bond acceptors (Lipinski definition) is 5. The zero-order valence-corrected chi connectivity index (χ0v) is 18.7. The summed E-state index contributed by atoms with van der Waals surface area (Å²) >= 11 is 2.21. The fourth-order valence-electron chi connectivity index (χ4n) is 3.50. The predicted molar refractivity (Wildman–Crippen MR) is 120 cm³/mol. The van der Waals surface area contributed by atoms with Crippen LogP contribution in [0, 0.1) is 15.2 Å². The number of halogens is 3. The smallest absolute Gasteiger partial charge is 0.285 e. The van der Waals surface area contributed by atoms with Gasteiger partial charge in [0.2, 0.25) is 0 Å². The molecule has 0 bridgehead atoms. The predicted octanol–water partition coefficient (Wildman–Crippen LogP) is 3.14. The average molecular weight is 544 g/mol. The molecule has 0 radical (unpaired) electrons. The molecule has 9 heteroatoms. The van der Waals surface area contributed by atoms with E-state index in [1.807, 2.05) is 18.2 Å². The summed E-state index contributed by atoms with van der Waals surface area (Å²) in [6.07, 6.45) is -0.457. The lowest BCUT2D eigenvalue weighted by Gasteiger charge is -2.30. The van der Waals surface area contributed by atoms with Crippen LogP contribution in [0.25, 0.3) is 0 Å². The van der Waals surface area contributed by atoms with E-state index >= 15 is 0 Å². The number of aliphatic hydroxyl groups is 2. The van der Waals surface area contributed by atoms with Crippen LogP contribution in [0.1, 0.15) is 23.6 Å². The Hall–Kier alpha value is -2.24. The summed E-state index contributed by atoms with van der Waals surface area (Å²) in [6.45, 7) is 3.78. The summed E-state index contributed by atoms with van der Waals surface area (Å²) in [6, 6.07) is 7.87. The Bertz CT molecular complexity index is 952. The molecule has 3 atom stereocenters. The molecule has 0 fully saturated rings. The monoisotopic (exact) mass is 544 g/mol. The topological polar surface area (TPSA) is 90.8 Å². The van der Waals surface area contributed by atoms with Gasteiger partial charge in [0.05, 0.1) is 18.8 Å². The molecule has 3 rings (SSSR count). The largest absolute Gasteiger partial charge is 0.503 e. The standard InChI is InChI=1S/C22H23F2IN2O4/c1-12(28)22(30)27-19(8-13-6-14(23)9-15(24)7-13)20(29)11-26-18-4-5-31-21-3-2-16(25)10-17(18)21/h2-3,6-7,9-10,18-20,26,28-29H,1,4-5,8,11H2,(H,27,30)/t18-,19-,20+/m0/s1. The molecule has 4 N–H and O–H groups in total. The summed E-state index contributed by atoms with van der Waals surface area (Å²) in [5, 5.41) is 25.8. The third-order valence-corrected chi connectivity index (χ3v) is 5.68. The SMILES string of the molecule is C=C(O)C(=O)N[C@@H](Cc1cc(F)cc(F)c1)[C@H](O)CN[C@H]1CCOc2ccc(I)cc21. The van der Waals surface area contributed by atoms with Gasteiger partial charge in [0.15, 0.2) is 5.76 Å². The zero-order valence-electron chi connectivity index (χ0n) is 16.6. The molecule has 1 aliphatic rings. The van der Waals surface area contributed by atoms with Crippen molar-refractivity contribution in [2.75, 3.05) is 13.2 Å². The van der Waals surface area contributed by atoms with Crippen LogP contribution in [0.3, 0.4) is 0 Å². The van der Waals surface area contributed by atoms with Gasteiger partial charge in [-0.1, -0.05) is 6.58 Å². The van der Waals surface area contributed by atoms with Crippen LogP contribution in [0.15, 0.2) is 48.7 Å². The van der Waals surface area contributed by atoms with Gasteiger partial charge >= 0.3 is 0 Å². The van der Waals surface area contributed by atoms with Gasteiger partial charge in [0.1, 0.15) is 17.4 Å². The van der Waals surface area contributed by atoms with Crippen molar-refractivity contribution in [3.8, 4) is 5.75 Å². The Labute approximate surface area is 192 Å². The Balaban J connectivity index is 1.72. The maximum Gasteiger partial charge on any atom is 0.285 e. The number of hydrogen-bond donors (Lipinski definition) is 4. The molecule has 6 nitrogen and oxygen atoms in total. The van der Waals surface area contributed by atoms with E-state index in [4.69, 9.17) is 4.74 Å². The molecule has 0 unspecified atom stereocenters. The summed E-state index contributed by atoms with van der Waals surface area (Å²) in [5.74, 6) is -2.33. The number of benzene rings is 2. The molecular formula is C22H23F2IN2O4. The number of aliphatic hydroxyl groups excluding tert-OH is 2. The number of carbonyl (C=O) groups excluding carboxylic acids is 1. The first-order valence-electron chi connectivity index (χ1n) is 9.70. The van der Waals surface area contributed by atoms with Crippen LogP contribution in [0.4, 0.5) is 8.78 Å². The Morgan fingerprint density at radius 2 is 1.97 bits per heavy atom. The Morgan fingerprint density at radius 1 is 1.26 bits per heavy atom. The molecule has 1 amide bonds. The van der Waals surface area contributed by atoms with E-state index in [0.717, 1.165) is 33.1 Å². The average Bonchev–Trinajstić information content (AvgIpc) is 2.70. The van der Waals surface area contributed by atoms with Crippen molar-refractivity contribution in [3.05, 3.63) is 75.1 Å². The third-order valence-electron chi connectivity index (χ3n) is 5.01. The second-order valence-corrected chi connectivity index (χ2v) is 8.60. The number of ether oxygens (including phenoxy) is 1. The van der Waals surface area contributed by atoms with Gasteiger partial charge in [-0.15, -0.1) is 0 Å². The van der Waals surface area contributed by atoms with E-state index in [0.29, 0.717) is 13.0 Å². The number of rotatable bonds is 8. The van der Waals surface area contributed by atoms with Crippen LogP contribution in [-0.2, 0) is 11.2 Å². The van der Waals surface area contributed by atoms with Gasteiger partial charge in [0.25, 0.3) is 5.91 Å². The molecule has 0 aliphatic carbocycles. The highest BCUT2D eigenvalue weighted by Crippen LogP contribution is 2.33. The van der Waals surface area contributed by atoms with E-state index in [1.165, 1.54) is 0 Å². The fraction of sp³-hybridized carbons (Fsp3) is 0.318. The summed E-state index contributed by atoms with van der Waals surface area (Å²) < 4.78 is 33.9.